The van der Waals surface area contributed by atoms with E-state index < -0.39 is 11.8 Å². The number of halogens is 2. The number of esters is 1. The van der Waals surface area contributed by atoms with Crippen molar-refractivity contribution in [1.82, 2.24) is 15.2 Å². The molecule has 31 heavy (non-hydrogen) atoms. The first-order valence-electron chi connectivity index (χ1n) is 10.0. The van der Waals surface area contributed by atoms with Gasteiger partial charge in [0.25, 0.3) is 0 Å². The number of nitrogens with zero attached hydrogens (tertiary/aromatic N) is 3. The van der Waals surface area contributed by atoms with Crippen LogP contribution in [0.15, 0.2) is 48.7 Å². The van der Waals surface area contributed by atoms with Crippen molar-refractivity contribution in [3.05, 3.63) is 71.6 Å². The van der Waals surface area contributed by atoms with Gasteiger partial charge >= 0.3 is 5.97 Å². The fourth-order valence-corrected chi connectivity index (χ4v) is 3.82. The van der Waals surface area contributed by atoms with Crippen molar-refractivity contribution < 1.29 is 18.3 Å². The minimum absolute atomic E-state index is 0.0447. The molecule has 1 fully saturated rings. The quantitative estimate of drug-likeness (QED) is 0.577. The summed E-state index contributed by atoms with van der Waals surface area (Å²) in [6.45, 7) is 0.484. The van der Waals surface area contributed by atoms with Crippen molar-refractivity contribution in [3.8, 4) is 11.3 Å². The molecule has 3 aromatic rings. The molecule has 4 rings (SSSR count). The number of nitrogens with one attached hydrogen (secondary N) is 1. The van der Waals surface area contributed by atoms with Gasteiger partial charge in [-0.25, -0.2) is 8.78 Å². The lowest BCUT2D eigenvalue weighted by molar-refractivity contribution is -0.139. The second kappa shape index (κ2) is 8.75. The van der Waals surface area contributed by atoms with E-state index in [1.165, 1.54) is 25.3 Å². The van der Waals surface area contributed by atoms with E-state index in [4.69, 9.17) is 0 Å². The summed E-state index contributed by atoms with van der Waals surface area (Å²) >= 11 is 0. The minimum Gasteiger partial charge on any atom is -0.469 e. The average Bonchev–Trinajstić information content (AvgIpc) is 2.76. The maximum absolute atomic E-state index is 14.3. The van der Waals surface area contributed by atoms with Gasteiger partial charge in [0, 0.05) is 23.7 Å². The maximum Gasteiger partial charge on any atom is 0.309 e. The predicted molar refractivity (Wildman–Crippen MR) is 111 cm³/mol. The lowest BCUT2D eigenvalue weighted by Gasteiger charge is -2.41. The first-order chi connectivity index (χ1) is 15.0. The van der Waals surface area contributed by atoms with Crippen molar-refractivity contribution in [3.63, 3.8) is 0 Å². The molecule has 0 unspecified atom stereocenters. The normalized spacial score (nSPS) is 14.5. The van der Waals surface area contributed by atoms with E-state index in [-0.39, 0.29) is 23.2 Å². The molecule has 0 bridgehead atoms. The van der Waals surface area contributed by atoms with Crippen LogP contribution < -0.4 is 5.32 Å². The third-order valence-corrected chi connectivity index (χ3v) is 5.73. The molecule has 1 saturated carbocycles. The molecule has 0 radical (unpaired) electrons. The molecule has 160 valence electrons. The molecule has 1 aliphatic carbocycles. The number of hydrogen-bond donors (Lipinski definition) is 1. The molecule has 0 spiro atoms. The molecule has 1 N–H and O–H groups in total. The number of methoxy groups -OCH3 is 1. The molecular weight excluding hydrogens is 402 g/mol. The van der Waals surface area contributed by atoms with Gasteiger partial charge in [0.15, 0.2) is 0 Å². The van der Waals surface area contributed by atoms with Crippen LogP contribution in [0, 0.1) is 11.6 Å². The molecule has 6 nitrogen and oxygen atoms in total. The van der Waals surface area contributed by atoms with E-state index in [1.54, 1.807) is 30.5 Å². The molecule has 2 aromatic heterocycles. The van der Waals surface area contributed by atoms with Gasteiger partial charge in [-0.05, 0) is 54.8 Å². The Bertz CT molecular complexity index is 1090. The Morgan fingerprint density at radius 1 is 1.13 bits per heavy atom. The van der Waals surface area contributed by atoms with Crippen molar-refractivity contribution in [2.45, 2.75) is 31.1 Å². The van der Waals surface area contributed by atoms with E-state index in [0.717, 1.165) is 19.3 Å². The summed E-state index contributed by atoms with van der Waals surface area (Å²) in [5, 5.41) is 11.5. The highest BCUT2D eigenvalue weighted by Gasteiger charge is 2.41. The van der Waals surface area contributed by atoms with Crippen molar-refractivity contribution in [2.24, 2.45) is 0 Å². The summed E-state index contributed by atoms with van der Waals surface area (Å²) in [5.41, 5.74) is 1.34. The number of anilines is 1. The molecule has 0 amide bonds. The zero-order chi connectivity index (χ0) is 21.8. The van der Waals surface area contributed by atoms with Crippen LogP contribution in [-0.4, -0.2) is 34.8 Å². The van der Waals surface area contributed by atoms with Crippen LogP contribution in [0.2, 0.25) is 0 Å². The number of carbonyl (C=O) groups excluding carboxylic acids is 1. The van der Waals surface area contributed by atoms with Crippen molar-refractivity contribution >= 4 is 11.8 Å². The summed E-state index contributed by atoms with van der Waals surface area (Å²) in [5.74, 6) is -0.648. The molecule has 1 aromatic carbocycles. The van der Waals surface area contributed by atoms with Gasteiger partial charge < -0.3 is 10.1 Å². The highest BCUT2D eigenvalue weighted by atomic mass is 19.1. The topological polar surface area (TPSA) is 77.0 Å². The lowest BCUT2D eigenvalue weighted by atomic mass is 9.66. The molecule has 0 saturated heterocycles. The van der Waals surface area contributed by atoms with Gasteiger partial charge in [-0.15, -0.1) is 10.2 Å². The highest BCUT2D eigenvalue weighted by molar-refractivity contribution is 5.73. The number of rotatable bonds is 7. The van der Waals surface area contributed by atoms with E-state index >= 15 is 0 Å². The Morgan fingerprint density at radius 2 is 1.97 bits per heavy atom. The fraction of sp³-hybridized carbons (Fsp3) is 0.304. The Labute approximate surface area is 178 Å². The van der Waals surface area contributed by atoms with Crippen LogP contribution >= 0.6 is 0 Å². The van der Waals surface area contributed by atoms with Crippen LogP contribution in [0.4, 0.5) is 14.6 Å². The van der Waals surface area contributed by atoms with Gasteiger partial charge in [-0.2, -0.15) is 0 Å². The zero-order valence-corrected chi connectivity index (χ0v) is 17.1. The fourth-order valence-electron chi connectivity index (χ4n) is 3.82. The third kappa shape index (κ3) is 4.38. The predicted octanol–water partition coefficient (Wildman–Crippen LogP) is 4.07. The first kappa shape index (κ1) is 20.8. The average molecular weight is 424 g/mol. The zero-order valence-electron chi connectivity index (χ0n) is 17.1. The van der Waals surface area contributed by atoms with Gasteiger partial charge in [0.2, 0.25) is 0 Å². The highest BCUT2D eigenvalue weighted by Crippen LogP contribution is 2.43. The van der Waals surface area contributed by atoms with Gasteiger partial charge in [-0.1, -0.05) is 12.5 Å². The number of hydrogen-bond acceptors (Lipinski definition) is 6. The number of carbonyl (C=O) groups is 1. The Balaban J connectivity index is 1.48. The monoisotopic (exact) mass is 424 g/mol. The Kier molecular flexibility index (Phi) is 5.88. The van der Waals surface area contributed by atoms with Gasteiger partial charge in [0.1, 0.15) is 17.5 Å². The van der Waals surface area contributed by atoms with Crippen LogP contribution in [-0.2, 0) is 21.4 Å². The second-order valence-electron chi connectivity index (χ2n) is 7.69. The molecule has 2 heterocycles. The third-order valence-electron chi connectivity index (χ3n) is 5.73. The van der Waals surface area contributed by atoms with Crippen LogP contribution in [0.3, 0.4) is 0 Å². The summed E-state index contributed by atoms with van der Waals surface area (Å²) in [6.07, 6.45) is 4.36. The second-order valence-corrected chi connectivity index (χ2v) is 7.69. The lowest BCUT2D eigenvalue weighted by Crippen LogP contribution is -2.42. The maximum atomic E-state index is 14.3. The minimum atomic E-state index is -0.456. The number of aromatic nitrogens is 3. The molecule has 1 aliphatic rings. The number of ether oxygens (including phenoxy) is 1. The van der Waals surface area contributed by atoms with E-state index in [0.29, 0.717) is 29.3 Å². The van der Waals surface area contributed by atoms with E-state index in [2.05, 4.69) is 25.2 Å². The van der Waals surface area contributed by atoms with Crippen LogP contribution in [0.25, 0.3) is 11.3 Å². The molecule has 8 heteroatoms. The number of pyridine rings is 1. The SMILES string of the molecule is COC(=O)Cc1ccc(F)c(-c2ccc(NCC3(c4ncccc4F)CCC3)nn2)c1. The Morgan fingerprint density at radius 3 is 2.61 bits per heavy atom. The summed E-state index contributed by atoms with van der Waals surface area (Å²) in [4.78, 5) is 15.7. The summed E-state index contributed by atoms with van der Waals surface area (Å²) in [6, 6.07) is 10.8. The summed E-state index contributed by atoms with van der Waals surface area (Å²) in [7, 11) is 1.31. The van der Waals surface area contributed by atoms with Gasteiger partial charge in [-0.3, -0.25) is 9.78 Å². The van der Waals surface area contributed by atoms with Gasteiger partial charge in [0.05, 0.1) is 24.9 Å². The summed E-state index contributed by atoms with van der Waals surface area (Å²) < 4.78 is 33.2. The standard InChI is InChI=1S/C23H22F2N4O2/c1-31-21(30)13-15-5-6-17(24)16(12-15)19-7-8-20(29-28-19)27-14-23(9-3-10-23)22-18(25)4-2-11-26-22/h2,4-8,11-12H,3,9-10,13-14H2,1H3,(H,27,29). The van der Waals surface area contributed by atoms with E-state index in [1.807, 2.05) is 0 Å². The van der Waals surface area contributed by atoms with Crippen molar-refractivity contribution in [1.29, 1.82) is 0 Å². The Hall–Kier alpha value is -3.42. The smallest absolute Gasteiger partial charge is 0.309 e. The largest absolute Gasteiger partial charge is 0.469 e. The van der Waals surface area contributed by atoms with E-state index in [9.17, 15) is 13.6 Å². The number of benzene rings is 1. The first-order valence-corrected chi connectivity index (χ1v) is 10.0. The van der Waals surface area contributed by atoms with Crippen LogP contribution in [0.5, 0.6) is 0 Å². The molecule has 0 atom stereocenters. The van der Waals surface area contributed by atoms with Crippen molar-refractivity contribution in [2.75, 3.05) is 19.0 Å². The molecular formula is C23H22F2N4O2. The molecule has 0 aliphatic heterocycles. The van der Waals surface area contributed by atoms with Crippen LogP contribution in [0.1, 0.15) is 30.5 Å².